The van der Waals surface area contributed by atoms with Gasteiger partial charge in [0.1, 0.15) is 18.1 Å². The minimum atomic E-state index is -5.08. The number of carboxylic acid groups (broad SMARTS) is 1. The van der Waals surface area contributed by atoms with Gasteiger partial charge in [-0.1, -0.05) is 60.1 Å². The van der Waals surface area contributed by atoms with Crippen molar-refractivity contribution in [1.29, 1.82) is 0 Å². The standard InChI is InChI=1S/C31H35ClN2O3.C2HF3O2/c1-36-29-21-26(32)11-12-27(29)30(35)34-19-15-31(16-20-34)13-17-33(18-14-31)22-25-9-5-6-10-28(25)37-23-24-7-3-2-4-8-24;3-2(4,5)1(6)7/h2-12,21H,13-20,22-23H2,1H3;(H,6,7). The number of nitrogens with zero attached hydrogens (tertiary/aromatic N) is 2. The maximum atomic E-state index is 13.2. The van der Waals surface area contributed by atoms with E-state index in [0.29, 0.717) is 28.4 Å². The van der Waals surface area contributed by atoms with Crippen molar-refractivity contribution < 1.29 is 37.3 Å². The molecule has 1 N–H and O–H groups in total. The van der Waals surface area contributed by atoms with E-state index >= 15 is 0 Å². The van der Waals surface area contributed by atoms with E-state index in [4.69, 9.17) is 31.0 Å². The van der Waals surface area contributed by atoms with Gasteiger partial charge in [-0.25, -0.2) is 4.79 Å². The number of carbonyl (C=O) groups excluding carboxylic acids is 1. The topological polar surface area (TPSA) is 79.3 Å². The quantitative estimate of drug-likeness (QED) is 0.300. The van der Waals surface area contributed by atoms with Gasteiger partial charge < -0.3 is 19.5 Å². The van der Waals surface area contributed by atoms with Gasteiger partial charge in [-0.05, 0) is 74.0 Å². The van der Waals surface area contributed by atoms with Crippen LogP contribution in [-0.4, -0.2) is 66.2 Å². The number of alkyl halides is 3. The molecule has 236 valence electrons. The van der Waals surface area contributed by atoms with E-state index in [1.54, 1.807) is 25.3 Å². The molecule has 5 rings (SSSR count). The molecule has 2 heterocycles. The molecule has 0 aliphatic carbocycles. The molecular weight excluding hydrogens is 597 g/mol. The molecule has 44 heavy (non-hydrogen) atoms. The Bertz CT molecular complexity index is 1400. The lowest BCUT2D eigenvalue weighted by Crippen LogP contribution is -2.48. The third kappa shape index (κ3) is 8.89. The van der Waals surface area contributed by atoms with Crippen LogP contribution < -0.4 is 9.47 Å². The number of likely N-dealkylation sites (tertiary alicyclic amines) is 2. The Labute approximate surface area is 260 Å². The van der Waals surface area contributed by atoms with Crippen molar-refractivity contribution in [3.8, 4) is 11.5 Å². The van der Waals surface area contributed by atoms with Crippen LogP contribution in [0.25, 0.3) is 0 Å². The highest BCUT2D eigenvalue weighted by Gasteiger charge is 2.39. The molecule has 2 fully saturated rings. The van der Waals surface area contributed by atoms with Gasteiger partial charge in [-0.2, -0.15) is 13.2 Å². The number of hydrogen-bond donors (Lipinski definition) is 1. The van der Waals surface area contributed by atoms with Gasteiger partial charge in [0.2, 0.25) is 0 Å². The molecule has 3 aromatic rings. The molecule has 0 saturated carbocycles. The highest BCUT2D eigenvalue weighted by molar-refractivity contribution is 6.30. The van der Waals surface area contributed by atoms with Crippen molar-refractivity contribution in [1.82, 2.24) is 9.80 Å². The van der Waals surface area contributed by atoms with Gasteiger partial charge in [-0.3, -0.25) is 9.69 Å². The summed E-state index contributed by atoms with van der Waals surface area (Å²) in [6.07, 6.45) is -0.628. The van der Waals surface area contributed by atoms with E-state index < -0.39 is 12.1 Å². The fraction of sp³-hybridized carbons (Fsp3) is 0.394. The predicted octanol–water partition coefficient (Wildman–Crippen LogP) is 7.08. The summed E-state index contributed by atoms with van der Waals surface area (Å²) in [5.41, 5.74) is 3.34. The molecule has 0 bridgehead atoms. The van der Waals surface area contributed by atoms with Crippen LogP contribution in [0, 0.1) is 5.41 Å². The summed E-state index contributed by atoms with van der Waals surface area (Å²) in [6.45, 7) is 5.22. The predicted molar refractivity (Wildman–Crippen MR) is 161 cm³/mol. The molecule has 2 saturated heterocycles. The van der Waals surface area contributed by atoms with E-state index in [0.717, 1.165) is 51.3 Å². The summed E-state index contributed by atoms with van der Waals surface area (Å²) in [4.78, 5) is 26.6. The summed E-state index contributed by atoms with van der Waals surface area (Å²) < 4.78 is 43.3. The number of hydrogen-bond acceptors (Lipinski definition) is 5. The molecule has 0 unspecified atom stereocenters. The minimum absolute atomic E-state index is 0.0351. The molecule has 0 radical (unpaired) electrons. The Balaban J connectivity index is 0.000000566. The summed E-state index contributed by atoms with van der Waals surface area (Å²) in [5.74, 6) is -1.21. The third-order valence-electron chi connectivity index (χ3n) is 8.27. The highest BCUT2D eigenvalue weighted by Crippen LogP contribution is 2.42. The zero-order valence-corrected chi connectivity index (χ0v) is 25.2. The number of ether oxygens (including phenoxy) is 2. The van der Waals surface area contributed by atoms with E-state index in [1.807, 2.05) is 29.2 Å². The molecule has 0 atom stereocenters. The molecule has 0 aromatic heterocycles. The lowest BCUT2D eigenvalue weighted by Gasteiger charge is -2.47. The summed E-state index contributed by atoms with van der Waals surface area (Å²) in [6, 6.07) is 23.9. The first-order valence-electron chi connectivity index (χ1n) is 14.4. The van der Waals surface area contributed by atoms with Crippen molar-refractivity contribution in [3.63, 3.8) is 0 Å². The Morgan fingerprint density at radius 3 is 2.09 bits per heavy atom. The largest absolute Gasteiger partial charge is 0.496 e. The number of benzene rings is 3. The minimum Gasteiger partial charge on any atom is -0.496 e. The van der Waals surface area contributed by atoms with Crippen molar-refractivity contribution in [2.24, 2.45) is 5.41 Å². The zero-order chi connectivity index (χ0) is 31.7. The number of amides is 1. The van der Waals surface area contributed by atoms with Crippen LogP contribution in [0.5, 0.6) is 11.5 Å². The van der Waals surface area contributed by atoms with Gasteiger partial charge in [0.05, 0.1) is 12.7 Å². The van der Waals surface area contributed by atoms with E-state index in [-0.39, 0.29) is 5.91 Å². The van der Waals surface area contributed by atoms with Crippen molar-refractivity contribution in [3.05, 3.63) is 94.5 Å². The fourth-order valence-corrected chi connectivity index (χ4v) is 5.80. The Hall–Kier alpha value is -3.76. The van der Waals surface area contributed by atoms with Crippen LogP contribution in [0.1, 0.15) is 47.2 Å². The van der Waals surface area contributed by atoms with E-state index in [1.165, 1.54) is 24.0 Å². The number of carboxylic acids is 1. The Morgan fingerprint density at radius 1 is 0.886 bits per heavy atom. The van der Waals surface area contributed by atoms with Crippen LogP contribution in [-0.2, 0) is 17.9 Å². The average Bonchev–Trinajstić information content (AvgIpc) is 3.02. The number of para-hydroxylation sites is 1. The van der Waals surface area contributed by atoms with Crippen molar-refractivity contribution in [2.75, 3.05) is 33.3 Å². The van der Waals surface area contributed by atoms with E-state index in [2.05, 4.69) is 35.2 Å². The molecule has 1 amide bonds. The second-order valence-corrected chi connectivity index (χ2v) is 11.5. The number of carbonyl (C=O) groups is 2. The molecule has 1 spiro atoms. The number of halogens is 4. The average molecular weight is 633 g/mol. The molecule has 2 aliphatic rings. The van der Waals surface area contributed by atoms with Gasteiger partial charge in [-0.15, -0.1) is 0 Å². The van der Waals surface area contributed by atoms with Crippen LogP contribution in [0.4, 0.5) is 13.2 Å². The number of rotatable bonds is 7. The van der Waals surface area contributed by atoms with E-state index in [9.17, 15) is 18.0 Å². The lowest BCUT2D eigenvalue weighted by atomic mass is 9.71. The van der Waals surface area contributed by atoms with Crippen LogP contribution in [0.2, 0.25) is 5.02 Å². The van der Waals surface area contributed by atoms with Gasteiger partial charge >= 0.3 is 12.1 Å². The highest BCUT2D eigenvalue weighted by atomic mass is 35.5. The summed E-state index contributed by atoms with van der Waals surface area (Å²) in [5, 5.41) is 7.70. The first-order chi connectivity index (χ1) is 21.0. The van der Waals surface area contributed by atoms with Crippen molar-refractivity contribution in [2.45, 2.75) is 45.0 Å². The maximum Gasteiger partial charge on any atom is 0.490 e. The molecular formula is C33H36ClF3N2O5. The van der Waals surface area contributed by atoms with Gasteiger partial charge in [0.15, 0.2) is 0 Å². The summed E-state index contributed by atoms with van der Waals surface area (Å²) >= 11 is 6.08. The first-order valence-corrected chi connectivity index (χ1v) is 14.8. The van der Waals surface area contributed by atoms with Crippen LogP contribution in [0.15, 0.2) is 72.8 Å². The molecule has 11 heteroatoms. The third-order valence-corrected chi connectivity index (χ3v) is 8.50. The summed E-state index contributed by atoms with van der Waals surface area (Å²) in [7, 11) is 1.58. The normalized spacial score (nSPS) is 16.5. The number of methoxy groups -OCH3 is 1. The zero-order valence-electron chi connectivity index (χ0n) is 24.5. The van der Waals surface area contributed by atoms with Gasteiger partial charge in [0.25, 0.3) is 5.91 Å². The first kappa shape index (κ1) is 33.1. The fourth-order valence-electron chi connectivity index (χ4n) is 5.63. The second kappa shape index (κ2) is 14.8. The van der Waals surface area contributed by atoms with Crippen molar-refractivity contribution >= 4 is 23.5 Å². The molecule has 3 aromatic carbocycles. The second-order valence-electron chi connectivity index (χ2n) is 11.1. The molecule has 2 aliphatic heterocycles. The maximum absolute atomic E-state index is 13.2. The number of aliphatic carboxylic acids is 1. The SMILES string of the molecule is COc1cc(Cl)ccc1C(=O)N1CCC2(CCN(Cc3ccccc3OCc3ccccc3)CC2)CC1.O=C(O)C(F)(F)F. The number of piperidine rings is 2. The Morgan fingerprint density at radius 2 is 1.48 bits per heavy atom. The monoisotopic (exact) mass is 632 g/mol. The smallest absolute Gasteiger partial charge is 0.490 e. The lowest BCUT2D eigenvalue weighted by molar-refractivity contribution is -0.192. The van der Waals surface area contributed by atoms with Crippen LogP contribution in [0.3, 0.4) is 0 Å². The molecule has 7 nitrogen and oxygen atoms in total. The Kier molecular flexibility index (Phi) is 11.2. The van der Waals surface area contributed by atoms with Gasteiger partial charge in [0, 0.05) is 30.2 Å². The van der Waals surface area contributed by atoms with Crippen LogP contribution >= 0.6 is 11.6 Å².